The fourth-order valence-electron chi connectivity index (χ4n) is 1.54. The van der Waals surface area contributed by atoms with Gasteiger partial charge in [-0.25, -0.2) is 9.97 Å². The van der Waals surface area contributed by atoms with E-state index in [4.69, 9.17) is 11.6 Å². The minimum Gasteiger partial charge on any atom is -0.233 e. The average Bonchev–Trinajstić information content (AvgIpc) is 2.68. The molecule has 2 aromatic rings. The summed E-state index contributed by atoms with van der Waals surface area (Å²) in [7, 11) is 0. The first-order valence-electron chi connectivity index (χ1n) is 5.20. The Bertz CT molecular complexity index is 520. The van der Waals surface area contributed by atoms with E-state index in [1.54, 1.807) is 11.3 Å². The summed E-state index contributed by atoms with van der Waals surface area (Å²) in [6, 6.07) is 2.13. The minimum absolute atomic E-state index is 0.561. The Labute approximate surface area is 104 Å². The van der Waals surface area contributed by atoms with Crippen molar-refractivity contribution in [1.82, 2.24) is 9.97 Å². The van der Waals surface area contributed by atoms with Crippen LogP contribution >= 0.6 is 22.9 Å². The number of thiophene rings is 1. The van der Waals surface area contributed by atoms with Gasteiger partial charge in [0.05, 0.1) is 5.69 Å². The van der Waals surface area contributed by atoms with Crippen molar-refractivity contribution in [3.05, 3.63) is 32.9 Å². The molecule has 2 nitrogen and oxygen atoms in total. The van der Waals surface area contributed by atoms with Gasteiger partial charge in [-0.3, -0.25) is 0 Å². The van der Waals surface area contributed by atoms with Crippen LogP contribution in [0.4, 0.5) is 0 Å². The quantitative estimate of drug-likeness (QED) is 0.754. The van der Waals surface area contributed by atoms with Gasteiger partial charge in [0, 0.05) is 27.8 Å². The number of nitrogens with zero attached hydrogens (tertiary/aromatic N) is 2. The van der Waals surface area contributed by atoms with E-state index < -0.39 is 0 Å². The van der Waals surface area contributed by atoms with Crippen LogP contribution in [0.15, 0.2) is 11.4 Å². The molecule has 0 fully saturated rings. The molecule has 0 aromatic carbocycles. The Hall–Kier alpha value is -0.930. The summed E-state index contributed by atoms with van der Waals surface area (Å²) in [5.41, 5.74) is 3.05. The molecule has 0 atom stereocenters. The lowest BCUT2D eigenvalue weighted by Gasteiger charge is -2.06. The van der Waals surface area contributed by atoms with Gasteiger partial charge in [0.2, 0.25) is 0 Å². The molecule has 0 N–H and O–H groups in total. The van der Waals surface area contributed by atoms with Gasteiger partial charge in [-0.05, 0) is 19.9 Å². The summed E-state index contributed by atoms with van der Waals surface area (Å²) in [4.78, 5) is 10.1. The van der Waals surface area contributed by atoms with Gasteiger partial charge >= 0.3 is 0 Å². The van der Waals surface area contributed by atoms with E-state index in [-0.39, 0.29) is 0 Å². The fraction of sp³-hybridized carbons (Fsp3) is 0.333. The predicted octanol–water partition coefficient (Wildman–Crippen LogP) is 4.04. The minimum atomic E-state index is 0.561. The molecule has 0 radical (unpaired) electrons. The Morgan fingerprint density at radius 3 is 2.62 bits per heavy atom. The highest BCUT2D eigenvalue weighted by Gasteiger charge is 2.11. The molecule has 0 saturated carbocycles. The molecule has 0 spiro atoms. The molecule has 0 saturated heterocycles. The zero-order valence-electron chi connectivity index (χ0n) is 9.54. The maximum Gasteiger partial charge on any atom is 0.136 e. The molecular weight excluding hydrogens is 240 g/mol. The van der Waals surface area contributed by atoms with Gasteiger partial charge in [-0.1, -0.05) is 18.5 Å². The molecule has 2 aromatic heterocycles. The van der Waals surface area contributed by atoms with Crippen molar-refractivity contribution in [3.63, 3.8) is 0 Å². The third kappa shape index (κ3) is 2.11. The number of rotatable bonds is 2. The second-order valence-electron chi connectivity index (χ2n) is 3.70. The van der Waals surface area contributed by atoms with Crippen molar-refractivity contribution in [2.45, 2.75) is 27.2 Å². The lowest BCUT2D eigenvalue weighted by Crippen LogP contribution is -1.98. The molecule has 16 heavy (non-hydrogen) atoms. The molecule has 4 heteroatoms. The molecule has 2 heterocycles. The topological polar surface area (TPSA) is 25.8 Å². The van der Waals surface area contributed by atoms with E-state index >= 15 is 0 Å². The maximum atomic E-state index is 6.11. The number of aryl methyl sites for hydroxylation is 2. The summed E-state index contributed by atoms with van der Waals surface area (Å²) in [5, 5.41) is 2.67. The number of halogens is 1. The monoisotopic (exact) mass is 252 g/mol. The van der Waals surface area contributed by atoms with Crippen LogP contribution in [0.2, 0.25) is 5.15 Å². The van der Waals surface area contributed by atoms with Gasteiger partial charge in [-0.15, -0.1) is 11.3 Å². The first-order valence-corrected chi connectivity index (χ1v) is 6.46. The highest BCUT2D eigenvalue weighted by Crippen LogP contribution is 2.29. The van der Waals surface area contributed by atoms with Crippen molar-refractivity contribution >= 4 is 22.9 Å². The molecule has 0 aliphatic heterocycles. The van der Waals surface area contributed by atoms with Gasteiger partial charge in [0.15, 0.2) is 0 Å². The molecule has 84 valence electrons. The third-order valence-corrected chi connectivity index (χ3v) is 3.68. The highest BCUT2D eigenvalue weighted by molar-refractivity contribution is 7.10. The smallest absolute Gasteiger partial charge is 0.136 e. The first kappa shape index (κ1) is 11.6. The van der Waals surface area contributed by atoms with Crippen LogP contribution in [-0.2, 0) is 6.42 Å². The van der Waals surface area contributed by atoms with Crippen LogP contribution in [0, 0.1) is 13.8 Å². The molecule has 0 unspecified atom stereocenters. The van der Waals surface area contributed by atoms with Crippen molar-refractivity contribution in [2.24, 2.45) is 0 Å². The average molecular weight is 253 g/mol. The van der Waals surface area contributed by atoms with Crippen molar-refractivity contribution in [2.75, 3.05) is 0 Å². The molecule has 0 bridgehead atoms. The van der Waals surface area contributed by atoms with Crippen molar-refractivity contribution in [3.8, 4) is 11.3 Å². The summed E-state index contributed by atoms with van der Waals surface area (Å²) < 4.78 is 0. The fourth-order valence-corrected chi connectivity index (χ4v) is 2.41. The summed E-state index contributed by atoms with van der Waals surface area (Å²) in [6.07, 6.45) is 0.802. The van der Waals surface area contributed by atoms with Gasteiger partial charge in [0.1, 0.15) is 11.0 Å². The SMILES string of the molecule is CCc1nc(Cl)c(C)c(-c2csc(C)c2)n1. The predicted molar refractivity (Wildman–Crippen MR) is 69.2 cm³/mol. The number of hydrogen-bond donors (Lipinski definition) is 0. The second-order valence-corrected chi connectivity index (χ2v) is 5.18. The van der Waals surface area contributed by atoms with E-state index in [1.807, 2.05) is 13.8 Å². The summed E-state index contributed by atoms with van der Waals surface area (Å²) >= 11 is 7.83. The number of aromatic nitrogens is 2. The van der Waals surface area contributed by atoms with E-state index in [0.29, 0.717) is 5.15 Å². The van der Waals surface area contributed by atoms with Crippen LogP contribution in [-0.4, -0.2) is 9.97 Å². The van der Waals surface area contributed by atoms with Crippen LogP contribution in [0.3, 0.4) is 0 Å². The Balaban J connectivity index is 2.59. The Kier molecular flexibility index (Phi) is 3.26. The normalized spacial score (nSPS) is 10.8. The number of hydrogen-bond acceptors (Lipinski definition) is 3. The van der Waals surface area contributed by atoms with Crippen molar-refractivity contribution < 1.29 is 0 Å². The molecule has 0 amide bonds. The van der Waals surface area contributed by atoms with E-state index in [2.05, 4.69) is 28.3 Å². The largest absolute Gasteiger partial charge is 0.233 e. The molecular formula is C12H13ClN2S. The Morgan fingerprint density at radius 1 is 1.31 bits per heavy atom. The van der Waals surface area contributed by atoms with E-state index in [1.165, 1.54) is 4.88 Å². The highest BCUT2D eigenvalue weighted by atomic mass is 35.5. The zero-order valence-corrected chi connectivity index (χ0v) is 11.1. The van der Waals surface area contributed by atoms with Crippen LogP contribution in [0.25, 0.3) is 11.3 Å². The molecule has 0 aliphatic rings. The Morgan fingerprint density at radius 2 is 2.06 bits per heavy atom. The molecule has 2 rings (SSSR count). The third-order valence-electron chi connectivity index (χ3n) is 2.45. The standard InChI is InChI=1S/C12H13ClN2S/c1-4-10-14-11(8(3)12(13)15-10)9-5-7(2)16-6-9/h5-6H,4H2,1-3H3. The first-order chi connectivity index (χ1) is 7.61. The summed E-state index contributed by atoms with van der Waals surface area (Å²) in [5.74, 6) is 0.800. The summed E-state index contributed by atoms with van der Waals surface area (Å²) in [6.45, 7) is 6.08. The lowest BCUT2D eigenvalue weighted by molar-refractivity contribution is 0.934. The zero-order chi connectivity index (χ0) is 11.7. The van der Waals surface area contributed by atoms with E-state index in [0.717, 1.165) is 29.1 Å². The van der Waals surface area contributed by atoms with E-state index in [9.17, 15) is 0 Å². The van der Waals surface area contributed by atoms with Crippen LogP contribution in [0.1, 0.15) is 23.2 Å². The maximum absolute atomic E-state index is 6.11. The molecule has 0 aliphatic carbocycles. The van der Waals surface area contributed by atoms with Gasteiger partial charge < -0.3 is 0 Å². The second kappa shape index (κ2) is 4.52. The van der Waals surface area contributed by atoms with Gasteiger partial charge in [0.25, 0.3) is 0 Å². The lowest BCUT2D eigenvalue weighted by atomic mass is 10.1. The van der Waals surface area contributed by atoms with Crippen LogP contribution < -0.4 is 0 Å². The van der Waals surface area contributed by atoms with Gasteiger partial charge in [-0.2, -0.15) is 0 Å². The van der Waals surface area contributed by atoms with Crippen LogP contribution in [0.5, 0.6) is 0 Å². The van der Waals surface area contributed by atoms with Crippen molar-refractivity contribution in [1.29, 1.82) is 0 Å².